The highest BCUT2D eigenvalue weighted by molar-refractivity contribution is 4.88. The summed E-state index contributed by atoms with van der Waals surface area (Å²) in [6.45, 7) is 1.81. The van der Waals surface area contributed by atoms with Gasteiger partial charge in [0.15, 0.2) is 0 Å². The van der Waals surface area contributed by atoms with Crippen molar-refractivity contribution in [3.05, 3.63) is 0 Å². The summed E-state index contributed by atoms with van der Waals surface area (Å²) in [7, 11) is 0. The second-order valence-electron chi connectivity index (χ2n) is 4.08. The predicted molar refractivity (Wildman–Crippen MR) is 53.9 cm³/mol. The van der Waals surface area contributed by atoms with E-state index in [4.69, 9.17) is 10.2 Å². The summed E-state index contributed by atoms with van der Waals surface area (Å²) in [5.41, 5.74) is -0.869. The monoisotopic (exact) mass is 203 g/mol. The van der Waals surface area contributed by atoms with Crippen LogP contribution in [0.2, 0.25) is 0 Å². The normalized spacial score (nSPS) is 19.9. The summed E-state index contributed by atoms with van der Waals surface area (Å²) in [4.78, 5) is 0. The first-order valence-corrected chi connectivity index (χ1v) is 5.38. The molecule has 0 spiro atoms. The van der Waals surface area contributed by atoms with Crippen LogP contribution in [0.4, 0.5) is 0 Å². The van der Waals surface area contributed by atoms with Gasteiger partial charge in [-0.25, -0.2) is 0 Å². The molecule has 1 saturated heterocycles. The lowest BCUT2D eigenvalue weighted by atomic mass is 9.77. The van der Waals surface area contributed by atoms with Crippen LogP contribution < -0.4 is 5.32 Å². The molecule has 14 heavy (non-hydrogen) atoms. The number of aliphatic hydroxyl groups excluding tert-OH is 2. The Bertz CT molecular complexity index is 151. The molecule has 1 fully saturated rings. The number of rotatable bonds is 5. The van der Waals surface area contributed by atoms with Crippen molar-refractivity contribution in [3.8, 4) is 0 Å². The van der Waals surface area contributed by atoms with Crippen LogP contribution in [0.3, 0.4) is 0 Å². The summed E-state index contributed by atoms with van der Waals surface area (Å²) >= 11 is 0. The van der Waals surface area contributed by atoms with Crippen molar-refractivity contribution in [1.29, 1.82) is 0 Å². The van der Waals surface area contributed by atoms with E-state index >= 15 is 0 Å². The number of piperidine rings is 1. The summed E-state index contributed by atoms with van der Waals surface area (Å²) in [5.74, 6) is 0.211. The molecule has 0 bridgehead atoms. The van der Waals surface area contributed by atoms with Crippen LogP contribution in [0.25, 0.3) is 0 Å². The lowest BCUT2D eigenvalue weighted by molar-refractivity contribution is -0.0629. The van der Waals surface area contributed by atoms with Gasteiger partial charge in [-0.05, 0) is 44.7 Å². The highest BCUT2D eigenvalue weighted by Crippen LogP contribution is 2.31. The van der Waals surface area contributed by atoms with Crippen molar-refractivity contribution >= 4 is 0 Å². The fourth-order valence-electron chi connectivity index (χ4n) is 2.28. The van der Waals surface area contributed by atoms with Gasteiger partial charge in [-0.2, -0.15) is 0 Å². The molecule has 84 valence electrons. The Morgan fingerprint density at radius 3 is 2.00 bits per heavy atom. The van der Waals surface area contributed by atoms with E-state index in [1.54, 1.807) is 0 Å². The molecule has 0 aromatic heterocycles. The predicted octanol–water partition coefficient (Wildman–Crippen LogP) is -0.518. The smallest absolute Gasteiger partial charge is 0.0720 e. The average Bonchev–Trinajstić information content (AvgIpc) is 2.20. The van der Waals surface area contributed by atoms with E-state index in [2.05, 4.69) is 5.32 Å². The number of hydrogen-bond donors (Lipinski definition) is 4. The number of hydrogen-bond acceptors (Lipinski definition) is 4. The topological polar surface area (TPSA) is 72.7 Å². The summed E-state index contributed by atoms with van der Waals surface area (Å²) in [6, 6.07) is 0. The molecule has 1 rings (SSSR count). The maximum Gasteiger partial charge on any atom is 0.0720 e. The highest BCUT2D eigenvalue weighted by atomic mass is 16.3. The van der Waals surface area contributed by atoms with Gasteiger partial charge in [0.1, 0.15) is 0 Å². The molecule has 0 atom stereocenters. The van der Waals surface area contributed by atoms with Crippen LogP contribution in [-0.2, 0) is 0 Å². The van der Waals surface area contributed by atoms with Gasteiger partial charge in [-0.1, -0.05) is 0 Å². The van der Waals surface area contributed by atoms with Gasteiger partial charge in [-0.3, -0.25) is 0 Å². The molecule has 4 N–H and O–H groups in total. The van der Waals surface area contributed by atoms with Crippen LogP contribution >= 0.6 is 0 Å². The lowest BCUT2D eigenvalue weighted by Crippen LogP contribution is -2.45. The fourth-order valence-corrected chi connectivity index (χ4v) is 2.28. The third kappa shape index (κ3) is 2.92. The molecule has 0 unspecified atom stereocenters. The molecule has 4 heteroatoms. The van der Waals surface area contributed by atoms with Crippen molar-refractivity contribution < 1.29 is 15.3 Å². The first-order chi connectivity index (χ1) is 6.73. The van der Waals surface area contributed by atoms with Gasteiger partial charge in [0.2, 0.25) is 0 Å². The van der Waals surface area contributed by atoms with Gasteiger partial charge >= 0.3 is 0 Å². The zero-order valence-electron chi connectivity index (χ0n) is 8.58. The van der Waals surface area contributed by atoms with Gasteiger partial charge in [-0.15, -0.1) is 0 Å². The molecule has 1 aliphatic rings. The zero-order valence-corrected chi connectivity index (χ0v) is 8.58. The van der Waals surface area contributed by atoms with Gasteiger partial charge in [0, 0.05) is 13.2 Å². The van der Waals surface area contributed by atoms with E-state index in [0.717, 1.165) is 25.9 Å². The molecule has 1 heterocycles. The Balaban J connectivity index is 2.54. The Hall–Kier alpha value is -0.160. The lowest BCUT2D eigenvalue weighted by Gasteiger charge is -2.38. The van der Waals surface area contributed by atoms with Crippen LogP contribution in [0, 0.1) is 5.92 Å². The van der Waals surface area contributed by atoms with Crippen molar-refractivity contribution in [1.82, 2.24) is 5.32 Å². The Morgan fingerprint density at radius 2 is 1.57 bits per heavy atom. The summed E-state index contributed by atoms with van der Waals surface area (Å²) in [6.07, 6.45) is 2.60. The maximum absolute atomic E-state index is 10.3. The van der Waals surface area contributed by atoms with Crippen molar-refractivity contribution in [2.75, 3.05) is 26.3 Å². The van der Waals surface area contributed by atoms with Crippen molar-refractivity contribution in [2.45, 2.75) is 31.3 Å². The van der Waals surface area contributed by atoms with E-state index in [-0.39, 0.29) is 19.1 Å². The second-order valence-corrected chi connectivity index (χ2v) is 4.08. The molecule has 4 nitrogen and oxygen atoms in total. The van der Waals surface area contributed by atoms with Crippen LogP contribution in [-0.4, -0.2) is 47.2 Å². The van der Waals surface area contributed by atoms with E-state index < -0.39 is 5.60 Å². The van der Waals surface area contributed by atoms with Crippen LogP contribution in [0.15, 0.2) is 0 Å². The standard InChI is InChI=1S/C10H21NO3/c12-7-3-10(14,4-8-13)9-1-5-11-6-2-9/h9,11-14H,1-8H2. The van der Waals surface area contributed by atoms with E-state index in [1.807, 2.05) is 0 Å². The minimum absolute atomic E-state index is 0.0135. The Morgan fingerprint density at radius 1 is 1.07 bits per heavy atom. The molecule has 1 aliphatic heterocycles. The molecule has 0 saturated carbocycles. The number of aliphatic hydroxyl groups is 3. The highest BCUT2D eigenvalue weighted by Gasteiger charge is 2.35. The summed E-state index contributed by atoms with van der Waals surface area (Å²) < 4.78 is 0. The molecule has 0 aromatic rings. The van der Waals surface area contributed by atoms with Crippen LogP contribution in [0.1, 0.15) is 25.7 Å². The minimum Gasteiger partial charge on any atom is -0.396 e. The van der Waals surface area contributed by atoms with E-state index in [0.29, 0.717) is 12.8 Å². The van der Waals surface area contributed by atoms with Gasteiger partial charge in [0.05, 0.1) is 5.60 Å². The molecule has 0 amide bonds. The van der Waals surface area contributed by atoms with Gasteiger partial charge < -0.3 is 20.6 Å². The maximum atomic E-state index is 10.3. The second kappa shape index (κ2) is 5.66. The quantitative estimate of drug-likeness (QED) is 0.485. The van der Waals surface area contributed by atoms with E-state index in [1.165, 1.54) is 0 Å². The third-order valence-electron chi connectivity index (χ3n) is 3.19. The molecular formula is C10H21NO3. The molecule has 0 aromatic carbocycles. The summed E-state index contributed by atoms with van der Waals surface area (Å²) in [5, 5.41) is 31.3. The third-order valence-corrected chi connectivity index (χ3v) is 3.19. The van der Waals surface area contributed by atoms with E-state index in [9.17, 15) is 5.11 Å². The Kier molecular flexibility index (Phi) is 4.81. The first-order valence-electron chi connectivity index (χ1n) is 5.38. The first kappa shape index (κ1) is 11.9. The number of nitrogens with one attached hydrogen (secondary N) is 1. The zero-order chi connectivity index (χ0) is 10.4. The largest absolute Gasteiger partial charge is 0.396 e. The van der Waals surface area contributed by atoms with Crippen molar-refractivity contribution in [3.63, 3.8) is 0 Å². The molecule has 0 aliphatic carbocycles. The molecule has 0 radical (unpaired) electrons. The Labute approximate surface area is 85.0 Å². The fraction of sp³-hybridized carbons (Fsp3) is 1.00. The SMILES string of the molecule is OCCC(O)(CCO)C1CCNCC1. The average molecular weight is 203 g/mol. The van der Waals surface area contributed by atoms with Crippen LogP contribution in [0.5, 0.6) is 0 Å². The molecular weight excluding hydrogens is 182 g/mol. The van der Waals surface area contributed by atoms with Gasteiger partial charge in [0.25, 0.3) is 0 Å². The van der Waals surface area contributed by atoms with Crippen molar-refractivity contribution in [2.24, 2.45) is 5.92 Å². The minimum atomic E-state index is -0.869.